The summed E-state index contributed by atoms with van der Waals surface area (Å²) in [7, 11) is 0. The number of rotatable bonds is 1. The molecule has 1 spiro atoms. The van der Waals surface area contributed by atoms with Gasteiger partial charge in [0.15, 0.2) is 0 Å². The highest BCUT2D eigenvalue weighted by Gasteiger charge is 2.60. The fraction of sp³-hybridized carbons (Fsp3) is 0.667. The van der Waals surface area contributed by atoms with Crippen LogP contribution in [0.1, 0.15) is 43.2 Å². The summed E-state index contributed by atoms with van der Waals surface area (Å²) in [6.07, 6.45) is 7.13. The lowest BCUT2D eigenvalue weighted by atomic mass is 9.78. The van der Waals surface area contributed by atoms with Crippen LogP contribution in [-0.4, -0.2) is 37.0 Å². The van der Waals surface area contributed by atoms with E-state index in [0.29, 0.717) is 5.91 Å². The topological polar surface area (TPSA) is 32.3 Å². The van der Waals surface area contributed by atoms with Crippen molar-refractivity contribution in [2.24, 2.45) is 17.8 Å². The molecule has 2 aliphatic heterocycles. The monoisotopic (exact) mass is 360 g/mol. The number of hydrogen-bond donors (Lipinski definition) is 1. The van der Waals surface area contributed by atoms with Crippen LogP contribution >= 0.6 is 12.4 Å². The molecule has 2 aliphatic carbocycles. The summed E-state index contributed by atoms with van der Waals surface area (Å²) in [5.41, 5.74) is 3.18. The van der Waals surface area contributed by atoms with Gasteiger partial charge in [0, 0.05) is 24.4 Å². The summed E-state index contributed by atoms with van der Waals surface area (Å²) >= 11 is 0. The molecule has 4 atom stereocenters. The first-order valence-corrected chi connectivity index (χ1v) is 9.86. The maximum absolute atomic E-state index is 13.2. The van der Waals surface area contributed by atoms with E-state index >= 15 is 0 Å². The van der Waals surface area contributed by atoms with Crippen LogP contribution in [0, 0.1) is 17.8 Å². The lowest BCUT2D eigenvalue weighted by molar-refractivity contribution is -0.133. The Morgan fingerprint density at radius 1 is 1.12 bits per heavy atom. The second kappa shape index (κ2) is 6.59. The van der Waals surface area contributed by atoms with E-state index in [-0.39, 0.29) is 23.7 Å². The Bertz CT molecular complexity index is 649. The first-order valence-electron chi connectivity index (χ1n) is 9.86. The van der Waals surface area contributed by atoms with Gasteiger partial charge in [0.1, 0.15) is 0 Å². The Hall–Kier alpha value is -1.06. The minimum absolute atomic E-state index is 0. The Morgan fingerprint density at radius 2 is 1.84 bits per heavy atom. The maximum atomic E-state index is 13.2. The Morgan fingerprint density at radius 3 is 2.60 bits per heavy atom. The zero-order valence-electron chi connectivity index (χ0n) is 14.9. The molecule has 136 valence electrons. The van der Waals surface area contributed by atoms with E-state index in [0.717, 1.165) is 44.4 Å². The molecule has 3 nitrogen and oxygen atoms in total. The normalized spacial score (nSPS) is 36.2. The molecule has 3 fully saturated rings. The predicted octanol–water partition coefficient (Wildman–Crippen LogP) is 3.16. The Kier molecular flexibility index (Phi) is 4.57. The molecule has 2 saturated heterocycles. The van der Waals surface area contributed by atoms with Crippen molar-refractivity contribution in [3.63, 3.8) is 0 Å². The number of aryl methyl sites for hydroxylation is 1. The van der Waals surface area contributed by atoms with Crippen molar-refractivity contribution in [2.45, 2.75) is 43.9 Å². The molecular formula is C21H29ClN2O. The zero-order valence-corrected chi connectivity index (χ0v) is 15.7. The van der Waals surface area contributed by atoms with Gasteiger partial charge in [-0.1, -0.05) is 24.3 Å². The number of likely N-dealkylation sites (tertiary alicyclic amines) is 1. The molecule has 2 heterocycles. The molecule has 1 N–H and O–H groups in total. The number of nitrogens with one attached hydrogen (secondary N) is 1. The van der Waals surface area contributed by atoms with Crippen LogP contribution in [0.25, 0.3) is 0 Å². The van der Waals surface area contributed by atoms with Gasteiger partial charge in [-0.2, -0.15) is 0 Å². The molecular weight excluding hydrogens is 332 g/mol. The van der Waals surface area contributed by atoms with Crippen LogP contribution in [0.5, 0.6) is 0 Å². The lowest BCUT2D eigenvalue weighted by Crippen LogP contribution is -2.36. The third-order valence-corrected chi connectivity index (χ3v) is 7.33. The van der Waals surface area contributed by atoms with E-state index in [1.807, 2.05) is 0 Å². The second-order valence-electron chi connectivity index (χ2n) is 8.50. The van der Waals surface area contributed by atoms with Crippen LogP contribution in [-0.2, 0) is 16.6 Å². The third-order valence-electron chi connectivity index (χ3n) is 7.33. The van der Waals surface area contributed by atoms with E-state index in [9.17, 15) is 4.79 Å². The number of benzene rings is 1. The largest absolute Gasteiger partial charge is 0.342 e. The minimum atomic E-state index is 0. The molecule has 2 unspecified atom stereocenters. The number of hydrogen-bond acceptors (Lipinski definition) is 2. The number of carbonyl (C=O) groups excluding carboxylic acids is 1. The molecule has 5 rings (SSSR count). The molecule has 25 heavy (non-hydrogen) atoms. The van der Waals surface area contributed by atoms with Gasteiger partial charge in [-0.25, -0.2) is 0 Å². The van der Waals surface area contributed by atoms with E-state index in [1.165, 1.54) is 43.2 Å². The van der Waals surface area contributed by atoms with E-state index in [1.54, 1.807) is 0 Å². The minimum Gasteiger partial charge on any atom is -0.342 e. The maximum Gasteiger partial charge on any atom is 0.226 e. The van der Waals surface area contributed by atoms with Crippen LogP contribution < -0.4 is 5.32 Å². The summed E-state index contributed by atoms with van der Waals surface area (Å²) in [5.74, 6) is 2.31. The van der Waals surface area contributed by atoms with Crippen molar-refractivity contribution in [2.75, 3.05) is 26.2 Å². The summed E-state index contributed by atoms with van der Waals surface area (Å²) < 4.78 is 0. The molecule has 4 heteroatoms. The van der Waals surface area contributed by atoms with Crippen LogP contribution in [0.2, 0.25) is 0 Å². The lowest BCUT2D eigenvalue weighted by Gasteiger charge is -2.28. The summed E-state index contributed by atoms with van der Waals surface area (Å²) in [5, 5.41) is 3.53. The fourth-order valence-electron chi connectivity index (χ4n) is 5.81. The van der Waals surface area contributed by atoms with Crippen molar-refractivity contribution in [3.8, 4) is 0 Å². The number of nitrogens with zero attached hydrogens (tertiary/aromatic N) is 1. The van der Waals surface area contributed by atoms with Crippen molar-refractivity contribution < 1.29 is 4.79 Å². The molecule has 0 aromatic heterocycles. The summed E-state index contributed by atoms with van der Waals surface area (Å²) in [6.45, 7) is 4.28. The van der Waals surface area contributed by atoms with E-state index in [4.69, 9.17) is 0 Å². The molecule has 1 amide bonds. The first kappa shape index (κ1) is 17.4. The van der Waals surface area contributed by atoms with Crippen molar-refractivity contribution in [3.05, 3.63) is 35.4 Å². The van der Waals surface area contributed by atoms with Gasteiger partial charge in [0.05, 0.1) is 0 Å². The number of fused-ring (bicyclic) bond motifs is 3. The van der Waals surface area contributed by atoms with Gasteiger partial charge in [-0.05, 0) is 74.6 Å². The zero-order chi connectivity index (χ0) is 16.1. The average Bonchev–Trinajstić information content (AvgIpc) is 3.22. The highest BCUT2D eigenvalue weighted by atomic mass is 35.5. The van der Waals surface area contributed by atoms with Crippen molar-refractivity contribution in [1.29, 1.82) is 0 Å². The molecule has 4 aliphatic rings. The smallest absolute Gasteiger partial charge is 0.226 e. The van der Waals surface area contributed by atoms with Gasteiger partial charge in [-0.15, -0.1) is 12.4 Å². The van der Waals surface area contributed by atoms with Gasteiger partial charge in [0.2, 0.25) is 5.91 Å². The molecule has 1 saturated carbocycles. The van der Waals surface area contributed by atoms with Gasteiger partial charge in [0.25, 0.3) is 0 Å². The molecule has 1 aromatic rings. The second-order valence-corrected chi connectivity index (χ2v) is 8.50. The van der Waals surface area contributed by atoms with Crippen molar-refractivity contribution >= 4 is 18.3 Å². The molecule has 1 aromatic carbocycles. The van der Waals surface area contributed by atoms with Crippen LogP contribution in [0.4, 0.5) is 0 Å². The molecule has 0 radical (unpaired) electrons. The van der Waals surface area contributed by atoms with Gasteiger partial charge >= 0.3 is 0 Å². The summed E-state index contributed by atoms with van der Waals surface area (Å²) in [4.78, 5) is 15.4. The quantitative estimate of drug-likeness (QED) is 0.834. The average molecular weight is 361 g/mol. The van der Waals surface area contributed by atoms with Crippen LogP contribution in [0.15, 0.2) is 24.3 Å². The highest BCUT2D eigenvalue weighted by molar-refractivity contribution is 5.85. The SMILES string of the molecule is Cl.O=C(C1CC12CCCc1ccccc12)N1CC[C@@H]2CNC[C@@H]2CC1. The summed E-state index contributed by atoms with van der Waals surface area (Å²) in [6, 6.07) is 8.88. The number of amides is 1. The Balaban J connectivity index is 0.00000157. The van der Waals surface area contributed by atoms with Gasteiger partial charge < -0.3 is 10.2 Å². The fourth-order valence-corrected chi connectivity index (χ4v) is 5.81. The number of carbonyl (C=O) groups is 1. The highest BCUT2D eigenvalue weighted by Crippen LogP contribution is 2.60. The predicted molar refractivity (Wildman–Crippen MR) is 102 cm³/mol. The van der Waals surface area contributed by atoms with Gasteiger partial charge in [-0.3, -0.25) is 4.79 Å². The van der Waals surface area contributed by atoms with E-state index < -0.39 is 0 Å². The van der Waals surface area contributed by atoms with Crippen molar-refractivity contribution in [1.82, 2.24) is 10.2 Å². The standard InChI is InChI=1S/C21H28N2O.ClH/c24-20(23-10-7-16-13-22-14-17(16)8-11-23)19-12-21(19)9-3-5-15-4-1-2-6-18(15)21;/h1-2,4,6,16-17,19,22H,3,5,7-14H2;1H/t16-,17+,19?,21?;. The Labute approximate surface area is 157 Å². The first-order chi connectivity index (χ1) is 11.8. The number of halogens is 1. The molecule has 0 bridgehead atoms. The van der Waals surface area contributed by atoms with E-state index in [2.05, 4.69) is 34.5 Å². The third kappa shape index (κ3) is 2.80. The van der Waals surface area contributed by atoms with Crippen LogP contribution in [0.3, 0.4) is 0 Å².